The standard InChI is InChI=1S/C10H10INO/c1-4-8-7(2)10(12-13-3)6-5-9(8)11/h4-6H,1-2H2,3H3/b12-10-. The van der Waals surface area contributed by atoms with Crippen LogP contribution in [-0.2, 0) is 4.84 Å². The molecule has 0 N–H and O–H groups in total. The summed E-state index contributed by atoms with van der Waals surface area (Å²) in [6, 6.07) is 0. The molecule has 13 heavy (non-hydrogen) atoms. The van der Waals surface area contributed by atoms with Gasteiger partial charge in [-0.2, -0.15) is 0 Å². The van der Waals surface area contributed by atoms with Crippen LogP contribution in [0.3, 0.4) is 0 Å². The molecular formula is C10H10INO. The lowest BCUT2D eigenvalue weighted by Crippen LogP contribution is -2.05. The van der Waals surface area contributed by atoms with E-state index in [1.54, 1.807) is 6.08 Å². The molecule has 1 rings (SSSR count). The zero-order valence-electron chi connectivity index (χ0n) is 7.38. The van der Waals surface area contributed by atoms with Crippen molar-refractivity contribution in [3.05, 3.63) is 46.1 Å². The van der Waals surface area contributed by atoms with Crippen LogP contribution in [0.15, 0.2) is 51.3 Å². The minimum atomic E-state index is 0.748. The molecule has 0 unspecified atom stereocenters. The first kappa shape index (κ1) is 10.2. The van der Waals surface area contributed by atoms with Crippen molar-refractivity contribution >= 4 is 28.3 Å². The van der Waals surface area contributed by atoms with Gasteiger partial charge in [0.05, 0.1) is 0 Å². The lowest BCUT2D eigenvalue weighted by molar-refractivity contribution is 0.214. The Balaban J connectivity index is 3.09. The number of oxime groups is 1. The van der Waals surface area contributed by atoms with Crippen LogP contribution in [0.4, 0.5) is 0 Å². The summed E-state index contributed by atoms with van der Waals surface area (Å²) in [6.45, 7) is 7.65. The monoisotopic (exact) mass is 287 g/mol. The van der Waals surface area contributed by atoms with Gasteiger partial charge in [-0.15, -0.1) is 0 Å². The Morgan fingerprint density at radius 1 is 1.54 bits per heavy atom. The second-order valence-electron chi connectivity index (χ2n) is 2.44. The summed E-state index contributed by atoms with van der Waals surface area (Å²) in [5, 5.41) is 3.84. The molecule has 0 aliphatic heterocycles. The number of nitrogens with zero attached hydrogens (tertiary/aromatic N) is 1. The minimum Gasteiger partial charge on any atom is -0.399 e. The highest BCUT2D eigenvalue weighted by atomic mass is 127. The largest absolute Gasteiger partial charge is 0.399 e. The van der Waals surface area contributed by atoms with E-state index < -0.39 is 0 Å². The molecule has 0 amide bonds. The summed E-state index contributed by atoms with van der Waals surface area (Å²) in [6.07, 6.45) is 5.61. The van der Waals surface area contributed by atoms with Gasteiger partial charge in [0.15, 0.2) is 0 Å². The second-order valence-corrected chi connectivity index (χ2v) is 3.60. The second kappa shape index (κ2) is 4.41. The molecule has 0 bridgehead atoms. The highest BCUT2D eigenvalue weighted by Crippen LogP contribution is 2.26. The molecule has 2 nitrogen and oxygen atoms in total. The zero-order valence-corrected chi connectivity index (χ0v) is 9.54. The maximum Gasteiger partial charge on any atom is 0.110 e. The highest BCUT2D eigenvalue weighted by molar-refractivity contribution is 14.1. The van der Waals surface area contributed by atoms with Crippen LogP contribution in [-0.4, -0.2) is 12.8 Å². The fourth-order valence-corrected chi connectivity index (χ4v) is 1.75. The average Bonchev–Trinajstić information content (AvgIpc) is 2.11. The summed E-state index contributed by atoms with van der Waals surface area (Å²) >= 11 is 2.24. The fraction of sp³-hybridized carbons (Fsp3) is 0.100. The zero-order chi connectivity index (χ0) is 9.84. The average molecular weight is 287 g/mol. The van der Waals surface area contributed by atoms with Crippen molar-refractivity contribution < 1.29 is 4.84 Å². The molecule has 0 spiro atoms. The smallest absolute Gasteiger partial charge is 0.110 e. The number of hydrogen-bond donors (Lipinski definition) is 0. The molecule has 0 saturated carbocycles. The topological polar surface area (TPSA) is 21.6 Å². The molecule has 0 aromatic heterocycles. The molecule has 0 radical (unpaired) electrons. The molecule has 0 fully saturated rings. The van der Waals surface area contributed by atoms with Crippen molar-refractivity contribution in [2.24, 2.45) is 5.16 Å². The summed E-state index contributed by atoms with van der Waals surface area (Å²) in [7, 11) is 1.52. The first-order valence-electron chi connectivity index (χ1n) is 3.71. The minimum absolute atomic E-state index is 0.748. The van der Waals surface area contributed by atoms with E-state index in [0.29, 0.717) is 0 Å². The molecule has 1 aliphatic carbocycles. The number of allylic oxidation sites excluding steroid dienone is 6. The van der Waals surface area contributed by atoms with Crippen LogP contribution in [0.5, 0.6) is 0 Å². The summed E-state index contributed by atoms with van der Waals surface area (Å²) < 4.78 is 1.12. The van der Waals surface area contributed by atoms with E-state index in [1.807, 2.05) is 12.2 Å². The Hall–Kier alpha value is -0.840. The predicted octanol–water partition coefficient (Wildman–Crippen LogP) is 2.99. The van der Waals surface area contributed by atoms with E-state index >= 15 is 0 Å². The maximum absolute atomic E-state index is 4.70. The summed E-state index contributed by atoms with van der Waals surface area (Å²) in [5.74, 6) is 0. The van der Waals surface area contributed by atoms with Gasteiger partial charge in [0.2, 0.25) is 0 Å². The molecule has 3 heteroatoms. The third kappa shape index (κ3) is 2.09. The van der Waals surface area contributed by atoms with Gasteiger partial charge in [-0.25, -0.2) is 0 Å². The van der Waals surface area contributed by atoms with Gasteiger partial charge in [-0.1, -0.05) is 24.4 Å². The van der Waals surface area contributed by atoms with Crippen LogP contribution >= 0.6 is 22.6 Å². The van der Waals surface area contributed by atoms with Crippen molar-refractivity contribution in [3.63, 3.8) is 0 Å². The highest BCUT2D eigenvalue weighted by Gasteiger charge is 2.13. The van der Waals surface area contributed by atoms with Crippen molar-refractivity contribution in [1.82, 2.24) is 0 Å². The van der Waals surface area contributed by atoms with Gasteiger partial charge in [0, 0.05) is 9.15 Å². The van der Waals surface area contributed by atoms with E-state index in [2.05, 4.69) is 40.9 Å². The molecule has 0 atom stereocenters. The molecule has 0 heterocycles. The molecule has 68 valence electrons. The van der Waals surface area contributed by atoms with Gasteiger partial charge in [0.1, 0.15) is 12.8 Å². The first-order chi connectivity index (χ1) is 6.20. The number of hydrogen-bond acceptors (Lipinski definition) is 2. The van der Waals surface area contributed by atoms with Crippen LogP contribution in [0.2, 0.25) is 0 Å². The van der Waals surface area contributed by atoms with E-state index in [0.717, 1.165) is 20.4 Å². The molecule has 0 aromatic carbocycles. The molecular weight excluding hydrogens is 277 g/mol. The van der Waals surface area contributed by atoms with E-state index in [9.17, 15) is 0 Å². The third-order valence-corrected chi connectivity index (χ3v) is 2.61. The van der Waals surface area contributed by atoms with Crippen molar-refractivity contribution in [2.45, 2.75) is 0 Å². The van der Waals surface area contributed by atoms with Crippen LogP contribution in [0, 0.1) is 0 Å². The lowest BCUT2D eigenvalue weighted by Gasteiger charge is -2.12. The van der Waals surface area contributed by atoms with E-state index in [1.165, 1.54) is 7.11 Å². The van der Waals surface area contributed by atoms with Gasteiger partial charge in [-0.05, 0) is 40.3 Å². The van der Waals surface area contributed by atoms with Gasteiger partial charge in [-0.3, -0.25) is 0 Å². The Kier molecular flexibility index (Phi) is 3.48. The SMILES string of the molecule is C=CC1=C(I)C=C/C(=N/OC)C1=C. The van der Waals surface area contributed by atoms with Crippen LogP contribution in [0.25, 0.3) is 0 Å². The molecule has 0 saturated heterocycles. The summed E-state index contributed by atoms with van der Waals surface area (Å²) in [4.78, 5) is 4.70. The maximum atomic E-state index is 4.70. The quantitative estimate of drug-likeness (QED) is 0.565. The Bertz CT molecular complexity index is 337. The lowest BCUT2D eigenvalue weighted by atomic mass is 9.98. The van der Waals surface area contributed by atoms with Gasteiger partial charge < -0.3 is 4.84 Å². The van der Waals surface area contributed by atoms with Gasteiger partial charge >= 0.3 is 0 Å². The van der Waals surface area contributed by atoms with Crippen molar-refractivity contribution in [1.29, 1.82) is 0 Å². The Morgan fingerprint density at radius 3 is 2.77 bits per heavy atom. The Morgan fingerprint density at radius 2 is 2.23 bits per heavy atom. The normalized spacial score (nSPS) is 19.5. The fourth-order valence-electron chi connectivity index (χ4n) is 1.03. The van der Waals surface area contributed by atoms with E-state index in [-0.39, 0.29) is 0 Å². The molecule has 0 aromatic rings. The van der Waals surface area contributed by atoms with Crippen LogP contribution in [0.1, 0.15) is 0 Å². The number of rotatable bonds is 2. The summed E-state index contributed by atoms with van der Waals surface area (Å²) in [5.41, 5.74) is 2.61. The van der Waals surface area contributed by atoms with Crippen LogP contribution < -0.4 is 0 Å². The molecule has 1 aliphatic rings. The third-order valence-electron chi connectivity index (χ3n) is 1.67. The van der Waals surface area contributed by atoms with E-state index in [4.69, 9.17) is 4.84 Å². The van der Waals surface area contributed by atoms with Gasteiger partial charge in [0.25, 0.3) is 0 Å². The van der Waals surface area contributed by atoms with Crippen molar-refractivity contribution in [2.75, 3.05) is 7.11 Å². The predicted molar refractivity (Wildman–Crippen MR) is 64.0 cm³/mol. The number of halogens is 1. The van der Waals surface area contributed by atoms with Crippen molar-refractivity contribution in [3.8, 4) is 0 Å². The Labute approximate surface area is 91.5 Å². The first-order valence-corrected chi connectivity index (χ1v) is 4.79.